The van der Waals surface area contributed by atoms with Crippen molar-refractivity contribution in [2.75, 3.05) is 13.2 Å². The molecule has 29 heavy (non-hydrogen) atoms. The van der Waals surface area contributed by atoms with Gasteiger partial charge in [-0.25, -0.2) is 0 Å². The summed E-state index contributed by atoms with van der Waals surface area (Å²) >= 11 is 0. The predicted octanol–water partition coefficient (Wildman–Crippen LogP) is 2.96. The summed E-state index contributed by atoms with van der Waals surface area (Å²) in [6.07, 6.45) is 2.42. The number of H-pyrrole nitrogens is 1. The Kier molecular flexibility index (Phi) is 6.10. The van der Waals surface area contributed by atoms with E-state index < -0.39 is 29.3 Å². The minimum atomic E-state index is -0.724. The van der Waals surface area contributed by atoms with Crippen LogP contribution in [-0.4, -0.2) is 40.6 Å². The highest BCUT2D eigenvalue weighted by Gasteiger charge is 2.44. The van der Waals surface area contributed by atoms with E-state index in [1.165, 1.54) is 0 Å². The lowest BCUT2D eigenvalue weighted by Gasteiger charge is -2.16. The second-order valence-electron chi connectivity index (χ2n) is 7.62. The molecule has 1 aromatic heterocycles. The van der Waals surface area contributed by atoms with Gasteiger partial charge >= 0.3 is 5.97 Å². The number of carbonyl (C=O) groups excluding carboxylic acids is 3. The summed E-state index contributed by atoms with van der Waals surface area (Å²) in [5.41, 5.74) is 2.42. The molecule has 0 bridgehead atoms. The van der Waals surface area contributed by atoms with Crippen LogP contribution >= 0.6 is 0 Å². The van der Waals surface area contributed by atoms with Gasteiger partial charge in [-0.05, 0) is 17.9 Å². The van der Waals surface area contributed by atoms with Crippen LogP contribution in [0.5, 0.6) is 0 Å². The number of ether oxygens (including phenoxy) is 1. The quantitative estimate of drug-likeness (QED) is 0.315. The third-order valence-corrected chi connectivity index (χ3v) is 5.78. The van der Waals surface area contributed by atoms with E-state index in [1.54, 1.807) is 13.1 Å². The van der Waals surface area contributed by atoms with Crippen LogP contribution in [0.2, 0.25) is 0 Å². The number of nitro groups is 1. The molecule has 1 fully saturated rings. The molecule has 1 N–H and O–H groups in total. The summed E-state index contributed by atoms with van der Waals surface area (Å²) in [6, 6.07) is 5.69. The average molecular weight is 400 g/mol. The van der Waals surface area contributed by atoms with Gasteiger partial charge in [0.05, 0.1) is 6.42 Å². The molecule has 0 unspecified atom stereocenters. The fraction of sp³-hybridized carbons (Fsp3) is 0.476. The third kappa shape index (κ3) is 4.36. The van der Waals surface area contributed by atoms with Crippen molar-refractivity contribution in [3.05, 3.63) is 45.6 Å². The molecule has 1 aliphatic rings. The van der Waals surface area contributed by atoms with Crippen molar-refractivity contribution < 1.29 is 24.0 Å². The Morgan fingerprint density at radius 1 is 1.34 bits per heavy atom. The smallest absolute Gasteiger partial charge is 0.306 e. The van der Waals surface area contributed by atoms with Gasteiger partial charge in [0.25, 0.3) is 0 Å². The van der Waals surface area contributed by atoms with Gasteiger partial charge in [-0.1, -0.05) is 32.0 Å². The lowest BCUT2D eigenvalue weighted by atomic mass is 9.88. The Morgan fingerprint density at radius 2 is 2.10 bits per heavy atom. The van der Waals surface area contributed by atoms with E-state index in [1.807, 2.05) is 25.1 Å². The Labute approximate surface area is 167 Å². The molecule has 2 aromatic rings. The number of hydrogen-bond acceptors (Lipinski definition) is 6. The number of rotatable bonds is 8. The number of hydrogen-bond donors (Lipinski definition) is 1. The number of aryl methyl sites for hydroxylation is 1. The maximum atomic E-state index is 12.5. The minimum absolute atomic E-state index is 0.147. The van der Waals surface area contributed by atoms with E-state index in [4.69, 9.17) is 4.74 Å². The van der Waals surface area contributed by atoms with Crippen LogP contribution in [0.25, 0.3) is 10.9 Å². The lowest BCUT2D eigenvalue weighted by molar-refractivity contribution is -0.490. The van der Waals surface area contributed by atoms with Crippen molar-refractivity contribution in [3.63, 3.8) is 0 Å². The normalized spacial score (nSPS) is 21.4. The zero-order chi connectivity index (χ0) is 21.1. The largest absolute Gasteiger partial charge is 0.457 e. The fourth-order valence-electron chi connectivity index (χ4n) is 4.20. The van der Waals surface area contributed by atoms with Crippen molar-refractivity contribution in [3.8, 4) is 0 Å². The van der Waals surface area contributed by atoms with Crippen molar-refractivity contribution in [1.29, 1.82) is 0 Å². The Hall–Kier alpha value is -3.03. The minimum Gasteiger partial charge on any atom is -0.457 e. The molecular weight excluding hydrogens is 376 g/mol. The lowest BCUT2D eigenvalue weighted by Crippen LogP contribution is -2.28. The zero-order valence-electron chi connectivity index (χ0n) is 16.5. The maximum Gasteiger partial charge on any atom is 0.306 e. The van der Waals surface area contributed by atoms with Crippen molar-refractivity contribution in [2.24, 2.45) is 17.8 Å². The zero-order valence-corrected chi connectivity index (χ0v) is 16.5. The maximum absolute atomic E-state index is 12.5. The van der Waals surface area contributed by atoms with Gasteiger partial charge in [-0.15, -0.1) is 0 Å². The highest BCUT2D eigenvalue weighted by Crippen LogP contribution is 2.36. The van der Waals surface area contributed by atoms with Gasteiger partial charge in [-0.2, -0.15) is 0 Å². The van der Waals surface area contributed by atoms with E-state index in [0.29, 0.717) is 5.56 Å². The second kappa shape index (κ2) is 8.55. The first-order valence-corrected chi connectivity index (χ1v) is 9.74. The van der Waals surface area contributed by atoms with Gasteiger partial charge in [0.1, 0.15) is 5.78 Å². The first-order valence-electron chi connectivity index (χ1n) is 9.74. The number of para-hydroxylation sites is 1. The first kappa shape index (κ1) is 20.7. The summed E-state index contributed by atoms with van der Waals surface area (Å²) in [5.74, 6) is -2.54. The Balaban J connectivity index is 1.63. The van der Waals surface area contributed by atoms with E-state index in [9.17, 15) is 24.5 Å². The fourth-order valence-corrected chi connectivity index (χ4v) is 4.20. The molecule has 0 spiro atoms. The van der Waals surface area contributed by atoms with Crippen LogP contribution in [0.4, 0.5) is 0 Å². The molecule has 8 heteroatoms. The molecule has 154 valence electrons. The van der Waals surface area contributed by atoms with Gasteiger partial charge in [-0.3, -0.25) is 24.5 Å². The third-order valence-electron chi connectivity index (χ3n) is 5.78. The molecule has 1 heterocycles. The number of aromatic amines is 1. The molecule has 0 aliphatic heterocycles. The number of nitrogens with zero attached hydrogens (tertiary/aromatic N) is 1. The van der Waals surface area contributed by atoms with Gasteiger partial charge in [0, 0.05) is 45.8 Å². The van der Waals surface area contributed by atoms with E-state index in [0.717, 1.165) is 22.9 Å². The molecular formula is C21H24N2O6. The average Bonchev–Trinajstić information content (AvgIpc) is 3.22. The van der Waals surface area contributed by atoms with Crippen LogP contribution in [-0.2, 0) is 20.7 Å². The molecule has 1 saturated carbocycles. The molecule has 1 aromatic carbocycles. The van der Waals surface area contributed by atoms with E-state index in [2.05, 4.69) is 4.98 Å². The first-order chi connectivity index (χ1) is 13.8. The van der Waals surface area contributed by atoms with Crippen LogP contribution in [0, 0.1) is 27.9 Å². The van der Waals surface area contributed by atoms with Crippen LogP contribution in [0.15, 0.2) is 24.4 Å². The van der Waals surface area contributed by atoms with E-state index in [-0.39, 0.29) is 36.9 Å². The SMILES string of the molecule is CCc1cccc2c(C(=O)COC(=O)C[C@@H]3C(=O)C[C@@H](C)[C@@H]3C[N+](=O)[O-])c[nH]c12. The summed E-state index contributed by atoms with van der Waals surface area (Å²) in [7, 11) is 0. The molecule has 0 radical (unpaired) electrons. The van der Waals surface area contributed by atoms with Crippen molar-refractivity contribution >= 4 is 28.4 Å². The number of aromatic nitrogens is 1. The van der Waals surface area contributed by atoms with Crippen LogP contribution in [0.1, 0.15) is 42.6 Å². The second-order valence-corrected chi connectivity index (χ2v) is 7.62. The van der Waals surface area contributed by atoms with Crippen molar-refractivity contribution in [1.82, 2.24) is 4.98 Å². The van der Waals surface area contributed by atoms with E-state index >= 15 is 0 Å². The molecule has 8 nitrogen and oxygen atoms in total. The molecule has 1 aliphatic carbocycles. The molecule has 3 atom stereocenters. The number of Topliss-reactive ketones (excluding diaryl/α,β-unsaturated/α-hetero) is 2. The Bertz CT molecular complexity index is 963. The van der Waals surface area contributed by atoms with Crippen molar-refractivity contribution in [2.45, 2.75) is 33.1 Å². The summed E-state index contributed by atoms with van der Waals surface area (Å²) < 4.78 is 5.11. The highest BCUT2D eigenvalue weighted by molar-refractivity contribution is 6.09. The summed E-state index contributed by atoms with van der Waals surface area (Å²) in [4.78, 5) is 50.4. The van der Waals surface area contributed by atoms with Crippen LogP contribution < -0.4 is 0 Å². The molecule has 0 amide bonds. The number of esters is 1. The number of carbonyl (C=O) groups is 3. The van der Waals surface area contributed by atoms with Gasteiger partial charge in [0.2, 0.25) is 12.3 Å². The van der Waals surface area contributed by atoms with Gasteiger partial charge in [0.15, 0.2) is 6.61 Å². The molecule has 3 rings (SSSR count). The summed E-state index contributed by atoms with van der Waals surface area (Å²) in [6.45, 7) is 3.02. The monoisotopic (exact) mass is 400 g/mol. The van der Waals surface area contributed by atoms with Crippen LogP contribution in [0.3, 0.4) is 0 Å². The van der Waals surface area contributed by atoms with Gasteiger partial charge < -0.3 is 9.72 Å². The number of ketones is 2. The highest BCUT2D eigenvalue weighted by atomic mass is 16.6. The number of nitrogens with one attached hydrogen (secondary N) is 1. The predicted molar refractivity (Wildman–Crippen MR) is 105 cm³/mol. The number of benzene rings is 1. The molecule has 0 saturated heterocycles. The Morgan fingerprint density at radius 3 is 2.79 bits per heavy atom. The summed E-state index contributed by atoms with van der Waals surface area (Å²) in [5, 5.41) is 11.6. The number of fused-ring (bicyclic) bond motifs is 1. The standard InChI is InChI=1S/C21H24N2O6/c1-3-13-5-4-6-14-16(9-22-21(13)14)19(25)11-29-20(26)8-15-17(10-23(27)28)12(2)7-18(15)24/h4-6,9,12,15,17,22H,3,7-8,10-11H2,1-2H3/t12-,15+,17+/m1/s1. The topological polar surface area (TPSA) is 119 Å².